The van der Waals surface area contributed by atoms with Crippen molar-refractivity contribution >= 4 is 38.4 Å². The van der Waals surface area contributed by atoms with E-state index in [1.54, 1.807) is 42.6 Å². The topological polar surface area (TPSA) is 75.2 Å². The van der Waals surface area contributed by atoms with Crippen molar-refractivity contribution in [2.75, 3.05) is 5.32 Å². The number of anilines is 1. The van der Waals surface area contributed by atoms with Crippen molar-refractivity contribution < 1.29 is 22.8 Å². The number of ketones is 1. The molecule has 2 aromatic heterocycles. The second-order valence-electron chi connectivity index (χ2n) is 9.37. The Morgan fingerprint density at radius 2 is 1.88 bits per heavy atom. The van der Waals surface area contributed by atoms with Gasteiger partial charge in [-0.2, -0.15) is 13.2 Å². The third kappa shape index (κ3) is 3.48. The van der Waals surface area contributed by atoms with Gasteiger partial charge < -0.3 is 10.2 Å². The van der Waals surface area contributed by atoms with Crippen LogP contribution in [0.4, 0.5) is 18.3 Å². The predicted octanol–water partition coefficient (Wildman–Crippen LogP) is 5.09. The van der Waals surface area contributed by atoms with Crippen LogP contribution < -0.4 is 5.32 Å². The molecule has 1 aliphatic carbocycles. The molecule has 0 saturated heterocycles. The number of thiazole rings is 1. The summed E-state index contributed by atoms with van der Waals surface area (Å²) >= 11 is 1.01. The van der Waals surface area contributed by atoms with E-state index in [1.165, 1.54) is 6.20 Å². The minimum Gasteiger partial charge on any atom is -0.336 e. The molecule has 10 heteroatoms. The van der Waals surface area contributed by atoms with Gasteiger partial charge in [-0.1, -0.05) is 43.4 Å². The summed E-state index contributed by atoms with van der Waals surface area (Å²) in [6.07, 6.45) is -1.96. The Morgan fingerprint density at radius 3 is 2.56 bits per heavy atom. The molecule has 0 fully saturated rings. The van der Waals surface area contributed by atoms with Crippen LogP contribution in [0.15, 0.2) is 60.1 Å². The number of rotatable bonds is 4. The van der Waals surface area contributed by atoms with E-state index in [0.29, 0.717) is 15.8 Å². The Morgan fingerprint density at radius 1 is 1.12 bits per heavy atom. The van der Waals surface area contributed by atoms with E-state index in [2.05, 4.69) is 15.3 Å². The first-order valence-electron chi connectivity index (χ1n) is 10.7. The third-order valence-corrected chi connectivity index (χ3v) is 7.15. The highest BCUT2D eigenvalue weighted by atomic mass is 32.1. The number of Topliss-reactive ketones (excluding diaryl/α,β-unsaturated/α-hetero) is 1. The number of carbonyl (C=O) groups excluding carboxylic acids is 2. The zero-order valence-electron chi connectivity index (χ0n) is 18.4. The number of nitrogens with one attached hydrogen (secondary N) is 1. The summed E-state index contributed by atoms with van der Waals surface area (Å²) in [5, 5.41) is 2.33. The fourth-order valence-electron chi connectivity index (χ4n) is 4.75. The fraction of sp³-hybridized carbons (Fsp3) is 0.333. The average Bonchev–Trinajstić information content (AvgIpc) is 3.26. The number of alkyl halides is 3. The molecule has 2 aliphatic rings. The van der Waals surface area contributed by atoms with Gasteiger partial charge in [0.25, 0.3) is 5.91 Å². The molecule has 3 heterocycles. The molecule has 3 aromatic rings. The largest absolute Gasteiger partial charge is 0.425 e. The number of aromatic nitrogens is 2. The van der Waals surface area contributed by atoms with Crippen molar-refractivity contribution in [3.63, 3.8) is 0 Å². The van der Waals surface area contributed by atoms with Crippen LogP contribution in [0, 0.1) is 5.41 Å². The molecule has 1 amide bonds. The van der Waals surface area contributed by atoms with Gasteiger partial charge >= 0.3 is 6.18 Å². The number of allylic oxidation sites excluding steroid dienone is 1. The Labute approximate surface area is 197 Å². The number of hydrogen-bond acceptors (Lipinski definition) is 6. The molecule has 1 aliphatic heterocycles. The van der Waals surface area contributed by atoms with Gasteiger partial charge in [0.15, 0.2) is 10.9 Å². The van der Waals surface area contributed by atoms with Crippen LogP contribution in [0.5, 0.6) is 0 Å². The number of amides is 1. The summed E-state index contributed by atoms with van der Waals surface area (Å²) in [6.45, 7) is 3.51. The van der Waals surface area contributed by atoms with Gasteiger partial charge in [-0.15, -0.1) is 0 Å². The summed E-state index contributed by atoms with van der Waals surface area (Å²) < 4.78 is 45.4. The van der Waals surface area contributed by atoms with Crippen LogP contribution in [-0.4, -0.2) is 38.3 Å². The van der Waals surface area contributed by atoms with Gasteiger partial charge in [0.05, 0.1) is 22.3 Å². The maximum absolute atomic E-state index is 14.9. The van der Waals surface area contributed by atoms with E-state index in [9.17, 15) is 22.8 Å². The van der Waals surface area contributed by atoms with E-state index in [-0.39, 0.29) is 30.2 Å². The normalized spacial score (nSPS) is 22.4. The predicted molar refractivity (Wildman–Crippen MR) is 122 cm³/mol. The van der Waals surface area contributed by atoms with E-state index >= 15 is 0 Å². The number of nitrogens with zero attached hydrogens (tertiary/aromatic N) is 3. The number of benzene rings is 1. The zero-order chi connectivity index (χ0) is 24.3. The quantitative estimate of drug-likeness (QED) is 0.556. The SMILES string of the molecule is CC1(C)CC(=O)C2=C(C1)N(Cc1cccnc1)C(=O)C2(Nc1nc2ccccc2s1)C(F)(F)F. The molecule has 1 aromatic carbocycles. The van der Waals surface area contributed by atoms with Crippen LogP contribution in [0.3, 0.4) is 0 Å². The number of pyridine rings is 1. The second kappa shape index (κ2) is 7.63. The lowest BCUT2D eigenvalue weighted by atomic mass is 9.72. The lowest BCUT2D eigenvalue weighted by Crippen LogP contribution is -2.60. The highest BCUT2D eigenvalue weighted by Crippen LogP contribution is 2.53. The van der Waals surface area contributed by atoms with Crippen LogP contribution in [-0.2, 0) is 16.1 Å². The first-order valence-corrected chi connectivity index (χ1v) is 11.5. The Hall–Kier alpha value is -3.27. The monoisotopic (exact) mass is 486 g/mol. The molecule has 176 valence electrons. The van der Waals surface area contributed by atoms with E-state index in [0.717, 1.165) is 16.2 Å². The first kappa shape index (κ1) is 22.5. The van der Waals surface area contributed by atoms with Crippen LogP contribution in [0.2, 0.25) is 0 Å². The molecule has 0 saturated carbocycles. The summed E-state index contributed by atoms with van der Waals surface area (Å²) in [5.74, 6) is -1.90. The van der Waals surface area contributed by atoms with Crippen LogP contribution in [0.25, 0.3) is 10.2 Å². The van der Waals surface area contributed by atoms with Gasteiger partial charge in [0.1, 0.15) is 0 Å². The highest BCUT2D eigenvalue weighted by molar-refractivity contribution is 7.22. The maximum Gasteiger partial charge on any atom is 0.425 e. The molecule has 0 spiro atoms. The fourth-order valence-corrected chi connectivity index (χ4v) is 5.67. The molecule has 34 heavy (non-hydrogen) atoms. The lowest BCUT2D eigenvalue weighted by Gasteiger charge is -2.35. The van der Waals surface area contributed by atoms with Crippen LogP contribution in [0.1, 0.15) is 32.3 Å². The minimum absolute atomic E-state index is 0.0698. The highest BCUT2D eigenvalue weighted by Gasteiger charge is 2.71. The number of carbonyl (C=O) groups is 2. The third-order valence-electron chi connectivity index (χ3n) is 6.20. The van der Waals surface area contributed by atoms with E-state index in [4.69, 9.17) is 0 Å². The van der Waals surface area contributed by atoms with Gasteiger partial charge in [-0.3, -0.25) is 14.6 Å². The van der Waals surface area contributed by atoms with Crippen molar-refractivity contribution in [1.82, 2.24) is 14.9 Å². The van der Waals surface area contributed by atoms with Gasteiger partial charge in [-0.25, -0.2) is 4.98 Å². The molecule has 0 bridgehead atoms. The smallest absolute Gasteiger partial charge is 0.336 e. The summed E-state index contributed by atoms with van der Waals surface area (Å²) in [5.41, 5.74) is -3.12. The standard InChI is InChI=1S/C24H21F3N4O2S/c1-22(2)10-16-19(17(32)11-22)23(24(25,26)27,20(33)31(16)13-14-6-5-9-28-12-14)30-21-29-15-7-3-4-8-18(15)34-21/h3-9,12H,10-11,13H2,1-2H3,(H,29,30). The summed E-state index contributed by atoms with van der Waals surface area (Å²) in [4.78, 5) is 36.3. The number of halogens is 3. The molecule has 1 unspecified atom stereocenters. The molecular formula is C24H21F3N4O2S. The summed E-state index contributed by atoms with van der Waals surface area (Å²) in [7, 11) is 0. The van der Waals surface area contributed by atoms with Gasteiger partial charge in [0, 0.05) is 24.5 Å². The second-order valence-corrected chi connectivity index (χ2v) is 10.4. The first-order chi connectivity index (χ1) is 16.0. The van der Waals surface area contributed by atoms with Crippen LogP contribution >= 0.6 is 11.3 Å². The number of para-hydroxylation sites is 1. The Bertz CT molecular complexity index is 1300. The number of hydrogen-bond donors (Lipinski definition) is 1. The van der Waals surface area contributed by atoms with Crippen molar-refractivity contribution in [2.45, 2.75) is 44.9 Å². The zero-order valence-corrected chi connectivity index (χ0v) is 19.3. The Kier molecular flexibility index (Phi) is 5.05. The lowest BCUT2D eigenvalue weighted by molar-refractivity contribution is -0.181. The molecule has 5 rings (SSSR count). The van der Waals surface area contributed by atoms with Crippen molar-refractivity contribution in [3.05, 3.63) is 65.6 Å². The molecule has 6 nitrogen and oxygen atoms in total. The van der Waals surface area contributed by atoms with Crippen molar-refractivity contribution in [2.24, 2.45) is 5.41 Å². The molecule has 0 radical (unpaired) electrons. The molecule has 1 N–H and O–H groups in total. The van der Waals surface area contributed by atoms with E-state index in [1.807, 2.05) is 13.8 Å². The average molecular weight is 487 g/mol. The molecule has 1 atom stereocenters. The van der Waals surface area contributed by atoms with Crippen molar-refractivity contribution in [3.8, 4) is 0 Å². The van der Waals surface area contributed by atoms with Gasteiger partial charge in [-0.05, 0) is 35.6 Å². The van der Waals surface area contributed by atoms with Crippen molar-refractivity contribution in [1.29, 1.82) is 0 Å². The molecular weight excluding hydrogens is 465 g/mol. The number of fused-ring (bicyclic) bond motifs is 1. The Balaban J connectivity index is 1.68. The summed E-state index contributed by atoms with van der Waals surface area (Å²) in [6, 6.07) is 10.2. The van der Waals surface area contributed by atoms with E-state index < -0.39 is 34.4 Å². The van der Waals surface area contributed by atoms with Gasteiger partial charge in [0.2, 0.25) is 5.54 Å². The maximum atomic E-state index is 14.9. The minimum atomic E-state index is -5.08.